The van der Waals surface area contributed by atoms with E-state index in [0.29, 0.717) is 23.6 Å². The highest BCUT2D eigenvalue weighted by Gasteiger charge is 2.44. The van der Waals surface area contributed by atoms with Crippen molar-refractivity contribution < 1.29 is 29.2 Å². The summed E-state index contributed by atoms with van der Waals surface area (Å²) in [5, 5.41) is 21.7. The number of aryl methyl sites for hydroxylation is 1. The van der Waals surface area contributed by atoms with Gasteiger partial charge < -0.3 is 14.9 Å². The van der Waals surface area contributed by atoms with Gasteiger partial charge in [-0.05, 0) is 97.1 Å². The van der Waals surface area contributed by atoms with Crippen molar-refractivity contribution in [3.8, 4) is 33.8 Å². The minimum absolute atomic E-state index is 0.0524. The molecule has 9 rings (SSSR count). The minimum Gasteiger partial charge on any atom is -0.411 e. The third kappa shape index (κ3) is 6.08. The number of imide groups is 2. The molecule has 5 aromatic rings. The molecule has 1 saturated heterocycles. The third-order valence-corrected chi connectivity index (χ3v) is 10.1. The fourth-order valence-electron chi connectivity index (χ4n) is 7.39. The maximum absolute atomic E-state index is 13.4. The first-order valence-electron chi connectivity index (χ1n) is 17.7. The SMILES string of the molecule is O=C1CCC(N2C(=O)c3ccc(N4C=CC=CN(Oc5ccc(-n6cc(-c7ccc8c(c7)CC/C8=N\O)c(-c7ccncc7)n6)cc5)C4)cc3C2=O)C(=O)N1. The van der Waals surface area contributed by atoms with Crippen LogP contribution in [0.5, 0.6) is 5.75 Å². The molecule has 1 unspecified atom stereocenters. The molecular weight excluding hydrogens is 701 g/mol. The van der Waals surface area contributed by atoms with Crippen LogP contribution in [-0.2, 0) is 16.0 Å². The Balaban J connectivity index is 0.927. The number of nitrogens with one attached hydrogen (secondary N) is 1. The number of hydrogen-bond donors (Lipinski definition) is 2. The van der Waals surface area contributed by atoms with Crippen LogP contribution in [0.2, 0.25) is 0 Å². The van der Waals surface area contributed by atoms with Gasteiger partial charge in [0.05, 0.1) is 22.5 Å². The molecule has 1 atom stereocenters. The van der Waals surface area contributed by atoms with E-state index in [1.807, 2.05) is 82.7 Å². The van der Waals surface area contributed by atoms with Crippen molar-refractivity contribution in [3.05, 3.63) is 138 Å². The molecule has 1 fully saturated rings. The molecule has 4 amide bonds. The van der Waals surface area contributed by atoms with Gasteiger partial charge >= 0.3 is 0 Å². The molecular formula is C41H32N8O6. The molecule has 0 spiro atoms. The number of nitrogens with zero attached hydrogens (tertiary/aromatic N) is 7. The fraction of sp³-hybridized carbons (Fsp3) is 0.146. The molecule has 0 radical (unpaired) electrons. The van der Waals surface area contributed by atoms with Gasteiger partial charge in [0.1, 0.15) is 18.4 Å². The van der Waals surface area contributed by atoms with E-state index >= 15 is 0 Å². The maximum Gasteiger partial charge on any atom is 0.262 e. The first kappa shape index (κ1) is 33.5. The Kier molecular flexibility index (Phi) is 8.26. The average molecular weight is 733 g/mol. The minimum atomic E-state index is -1.04. The van der Waals surface area contributed by atoms with Crippen LogP contribution < -0.4 is 15.1 Å². The van der Waals surface area contributed by atoms with Crippen molar-refractivity contribution in [3.63, 3.8) is 0 Å². The van der Waals surface area contributed by atoms with Crippen molar-refractivity contribution in [2.75, 3.05) is 11.6 Å². The van der Waals surface area contributed by atoms with Crippen molar-refractivity contribution in [1.29, 1.82) is 0 Å². The number of piperidine rings is 1. The summed E-state index contributed by atoms with van der Waals surface area (Å²) in [6.45, 7) is 0.247. The Labute approximate surface area is 314 Å². The number of aromatic nitrogens is 3. The van der Waals surface area contributed by atoms with E-state index in [9.17, 15) is 24.4 Å². The molecule has 3 aliphatic heterocycles. The predicted octanol–water partition coefficient (Wildman–Crippen LogP) is 5.23. The molecule has 0 bridgehead atoms. The van der Waals surface area contributed by atoms with Crippen LogP contribution in [-0.4, -0.2) is 72.0 Å². The standard InChI is InChI=1S/C41H32N8O6/c50-37-14-13-36(39(51)43-37)49-40(52)32-11-7-29(22-33(32)41(49)53)46-19-1-2-20-47(24-46)55-30-8-5-28(6-9-30)48-23-34(38(44-48)25-15-17-42-18-16-25)27-3-10-31-26(21-27)4-12-35(31)45-54/h1-3,5-11,15-23,36,54H,4,12-14,24H2,(H,43,50,51)/b45-35+. The normalized spacial score (nSPS) is 18.5. The number of fused-ring (bicyclic) bond motifs is 2. The lowest BCUT2D eigenvalue weighted by Gasteiger charge is -2.28. The summed E-state index contributed by atoms with van der Waals surface area (Å²) in [6, 6.07) is 21.5. The van der Waals surface area contributed by atoms with Crippen molar-refractivity contribution in [2.24, 2.45) is 5.16 Å². The van der Waals surface area contributed by atoms with Crippen molar-refractivity contribution in [1.82, 2.24) is 30.0 Å². The summed E-state index contributed by atoms with van der Waals surface area (Å²) in [5.41, 5.74) is 8.35. The highest BCUT2D eigenvalue weighted by molar-refractivity contribution is 6.23. The quantitative estimate of drug-likeness (QED) is 0.129. The number of amides is 4. The van der Waals surface area contributed by atoms with Crippen LogP contribution >= 0.6 is 0 Å². The number of hydroxylamine groups is 2. The molecule has 1 aliphatic carbocycles. The number of pyridine rings is 1. The summed E-state index contributed by atoms with van der Waals surface area (Å²) in [4.78, 5) is 64.0. The third-order valence-electron chi connectivity index (χ3n) is 10.1. The zero-order chi connectivity index (χ0) is 37.6. The van der Waals surface area contributed by atoms with E-state index < -0.39 is 29.7 Å². The van der Waals surface area contributed by atoms with Crippen LogP contribution in [0.25, 0.3) is 28.1 Å². The van der Waals surface area contributed by atoms with E-state index in [-0.39, 0.29) is 30.6 Å². The van der Waals surface area contributed by atoms with E-state index in [4.69, 9.17) is 9.94 Å². The largest absolute Gasteiger partial charge is 0.411 e. The number of carbonyl (C=O) groups is 4. The van der Waals surface area contributed by atoms with Gasteiger partial charge in [0.25, 0.3) is 11.8 Å². The van der Waals surface area contributed by atoms with Crippen molar-refractivity contribution in [2.45, 2.75) is 31.7 Å². The number of anilines is 1. The Morgan fingerprint density at radius 2 is 1.53 bits per heavy atom. The zero-order valence-electron chi connectivity index (χ0n) is 29.2. The average Bonchev–Trinajstić information content (AvgIpc) is 3.84. The smallest absolute Gasteiger partial charge is 0.262 e. The molecule has 2 N–H and O–H groups in total. The van der Waals surface area contributed by atoms with Gasteiger partial charge in [0.2, 0.25) is 11.8 Å². The first-order chi connectivity index (χ1) is 26.8. The monoisotopic (exact) mass is 732 g/mol. The summed E-state index contributed by atoms with van der Waals surface area (Å²) in [7, 11) is 0. The lowest BCUT2D eigenvalue weighted by Crippen LogP contribution is -2.54. The highest BCUT2D eigenvalue weighted by atomic mass is 16.7. The Morgan fingerprint density at radius 3 is 2.33 bits per heavy atom. The van der Waals surface area contributed by atoms with Crippen LogP contribution in [0.4, 0.5) is 5.69 Å². The molecule has 55 heavy (non-hydrogen) atoms. The number of oxime groups is 1. The van der Waals surface area contributed by atoms with Crippen molar-refractivity contribution >= 4 is 35.0 Å². The van der Waals surface area contributed by atoms with Crippen LogP contribution in [0.15, 0.2) is 121 Å². The van der Waals surface area contributed by atoms with E-state index in [1.54, 1.807) is 41.9 Å². The van der Waals surface area contributed by atoms with Gasteiger partial charge in [0, 0.05) is 59.8 Å². The zero-order valence-corrected chi connectivity index (χ0v) is 29.2. The van der Waals surface area contributed by atoms with E-state index in [0.717, 1.165) is 50.5 Å². The maximum atomic E-state index is 13.4. The molecule has 14 heteroatoms. The second kappa shape index (κ2) is 13.6. The molecule has 5 heterocycles. The van der Waals surface area contributed by atoms with Gasteiger partial charge in [-0.15, -0.1) is 0 Å². The Bertz CT molecular complexity index is 2490. The number of hydrogen-bond acceptors (Lipinski definition) is 11. The van der Waals surface area contributed by atoms with Gasteiger partial charge in [0.15, 0.2) is 5.75 Å². The summed E-state index contributed by atoms with van der Waals surface area (Å²) < 4.78 is 1.83. The number of carbonyl (C=O) groups excluding carboxylic acids is 4. The van der Waals surface area contributed by atoms with Crippen LogP contribution in [0.1, 0.15) is 51.1 Å². The first-order valence-corrected chi connectivity index (χ1v) is 17.7. The Morgan fingerprint density at radius 1 is 0.764 bits per heavy atom. The highest BCUT2D eigenvalue weighted by Crippen LogP contribution is 2.36. The molecule has 3 aromatic carbocycles. The molecule has 0 saturated carbocycles. The van der Waals surface area contributed by atoms with Gasteiger partial charge in [-0.3, -0.25) is 34.4 Å². The lowest BCUT2D eigenvalue weighted by molar-refractivity contribution is -0.136. The molecule has 272 valence electrons. The van der Waals surface area contributed by atoms with Gasteiger partial charge in [-0.2, -0.15) is 10.2 Å². The van der Waals surface area contributed by atoms with Gasteiger partial charge in [-0.1, -0.05) is 23.4 Å². The van der Waals surface area contributed by atoms with Crippen LogP contribution in [0, 0.1) is 0 Å². The Hall–Kier alpha value is -7.35. The summed E-state index contributed by atoms with van der Waals surface area (Å²) in [5.74, 6) is -1.63. The number of benzene rings is 3. The van der Waals surface area contributed by atoms with E-state index in [1.165, 1.54) is 0 Å². The van der Waals surface area contributed by atoms with Crippen LogP contribution in [0.3, 0.4) is 0 Å². The predicted molar refractivity (Wildman–Crippen MR) is 200 cm³/mol. The lowest BCUT2D eigenvalue weighted by atomic mass is 9.98. The number of rotatable bonds is 7. The fourth-order valence-corrected chi connectivity index (χ4v) is 7.39. The second-order valence-corrected chi connectivity index (χ2v) is 13.5. The molecule has 2 aromatic heterocycles. The van der Waals surface area contributed by atoms with E-state index in [2.05, 4.69) is 21.5 Å². The summed E-state index contributed by atoms with van der Waals surface area (Å²) in [6.07, 6.45) is 14.4. The molecule has 4 aliphatic rings. The second-order valence-electron chi connectivity index (χ2n) is 13.5. The van der Waals surface area contributed by atoms with Gasteiger partial charge in [-0.25, -0.2) is 4.68 Å². The number of allylic oxidation sites excluding steroid dienone is 2. The molecule has 14 nitrogen and oxygen atoms in total. The topological polar surface area (TPSA) is 163 Å². The summed E-state index contributed by atoms with van der Waals surface area (Å²) >= 11 is 0.